The molecule has 0 saturated carbocycles. The van der Waals surface area contributed by atoms with E-state index < -0.39 is 63.0 Å². The molecule has 0 bridgehead atoms. The van der Waals surface area contributed by atoms with Crippen molar-refractivity contribution in [3.8, 4) is 11.5 Å². The second-order valence-corrected chi connectivity index (χ2v) is 18.8. The Morgan fingerprint density at radius 2 is 1.29 bits per heavy atom. The summed E-state index contributed by atoms with van der Waals surface area (Å²) < 4.78 is 108. The second-order valence-electron chi connectivity index (χ2n) is 13.8. The number of aromatic hydroxyl groups is 1. The third-order valence-corrected chi connectivity index (χ3v) is 12.0. The Hall–Kier alpha value is -7.63. The van der Waals surface area contributed by atoms with Crippen LogP contribution in [0.4, 0.5) is 34.6 Å². The van der Waals surface area contributed by atoms with Crippen LogP contribution in [0, 0.1) is 0 Å². The van der Waals surface area contributed by atoms with Gasteiger partial charge in [0.1, 0.15) is 28.0 Å². The summed E-state index contributed by atoms with van der Waals surface area (Å²) in [5.41, 5.74) is 2.77. The van der Waals surface area contributed by atoms with E-state index in [2.05, 4.69) is 61.3 Å². The zero-order valence-electron chi connectivity index (χ0n) is 34.4. The van der Waals surface area contributed by atoms with Crippen molar-refractivity contribution in [2.24, 2.45) is 15.3 Å². The third kappa shape index (κ3) is 13.1. The lowest BCUT2D eigenvalue weighted by Gasteiger charge is -2.13. The monoisotopic (exact) mass is 1040 g/mol. The molecule has 0 spiro atoms. The van der Waals surface area contributed by atoms with Crippen LogP contribution in [0.15, 0.2) is 139 Å². The molecule has 354 valence electrons. The third-order valence-electron chi connectivity index (χ3n) is 9.05. The first kappa shape index (κ1) is 49.3. The zero-order chi connectivity index (χ0) is 49.5. The predicted octanol–water partition coefficient (Wildman–Crippen LogP) is 6.57. The van der Waals surface area contributed by atoms with Gasteiger partial charge in [-0.25, -0.2) is 15.0 Å². The Morgan fingerprint density at radius 1 is 0.652 bits per heavy atom. The Labute approximate surface area is 400 Å². The Morgan fingerprint density at radius 3 is 1.94 bits per heavy atom. The molecule has 0 saturated heterocycles. The minimum Gasteiger partial charge on any atom is -0.505 e. The summed E-state index contributed by atoms with van der Waals surface area (Å²) in [7, 11) is -14.5. The van der Waals surface area contributed by atoms with Crippen LogP contribution in [0.2, 0.25) is 10.6 Å². The number of nitrogens with one attached hydrogen (secondary N) is 3. The summed E-state index contributed by atoms with van der Waals surface area (Å²) >= 11 is 12.4. The number of aromatic nitrogens is 6. The van der Waals surface area contributed by atoms with E-state index in [9.17, 15) is 48.8 Å². The van der Waals surface area contributed by atoms with E-state index in [0.717, 1.165) is 36.4 Å². The number of para-hydroxylation sites is 1. The highest BCUT2D eigenvalue weighted by Crippen LogP contribution is 2.34. The molecule has 0 aliphatic carbocycles. The first-order valence-electron chi connectivity index (χ1n) is 19.1. The Balaban J connectivity index is 1.17. The highest BCUT2D eigenvalue weighted by atomic mass is 35.5. The number of benzene rings is 5. The number of hydrogen-bond acceptors (Lipinski definition) is 20. The number of phenolic OH excluding ortho intramolecular Hbond substituents is 1. The van der Waals surface area contributed by atoms with E-state index in [0.29, 0.717) is 11.3 Å². The molecule has 0 atom stereocenters. The van der Waals surface area contributed by atoms with Gasteiger partial charge in [-0.3, -0.25) is 23.9 Å². The average Bonchev–Trinajstić information content (AvgIpc) is 3.27. The number of azo groups is 1. The van der Waals surface area contributed by atoms with Crippen molar-refractivity contribution in [1.29, 1.82) is 0 Å². The Kier molecular flexibility index (Phi) is 14.8. The summed E-state index contributed by atoms with van der Waals surface area (Å²) in [5.74, 6) is -1.54. The number of nitrogens with zero attached hydrogens (tertiary/aromatic N) is 9. The molecular weight excluding hydrogens is 1010 g/mol. The molecule has 24 nitrogen and oxygen atoms in total. The summed E-state index contributed by atoms with van der Waals surface area (Å²) in [4.78, 5) is 34.0. The van der Waals surface area contributed by atoms with Crippen molar-refractivity contribution in [2.45, 2.75) is 27.5 Å². The molecule has 5 aromatic carbocycles. The van der Waals surface area contributed by atoms with Gasteiger partial charge in [0, 0.05) is 35.7 Å². The van der Waals surface area contributed by atoms with Gasteiger partial charge < -0.3 is 20.5 Å². The van der Waals surface area contributed by atoms with Gasteiger partial charge in [-0.1, -0.05) is 54.6 Å². The van der Waals surface area contributed by atoms with E-state index >= 15 is 0 Å². The van der Waals surface area contributed by atoms with Gasteiger partial charge in [0.2, 0.25) is 28.3 Å². The normalized spacial score (nSPS) is 12.2. The quantitative estimate of drug-likeness (QED) is 0.00964. The van der Waals surface area contributed by atoms with Crippen LogP contribution >= 0.6 is 23.2 Å². The number of halogens is 2. The van der Waals surface area contributed by atoms with Crippen LogP contribution in [0.1, 0.15) is 28.3 Å². The van der Waals surface area contributed by atoms with Gasteiger partial charge in [0.15, 0.2) is 5.75 Å². The van der Waals surface area contributed by atoms with E-state index in [4.69, 9.17) is 27.9 Å². The molecular formula is C40H30Cl2N12O12S3. The van der Waals surface area contributed by atoms with E-state index in [-0.39, 0.29) is 81.0 Å². The summed E-state index contributed by atoms with van der Waals surface area (Å²) in [6, 6.07) is 25.4. The van der Waals surface area contributed by atoms with Crippen LogP contribution in [0.5, 0.6) is 11.5 Å². The van der Waals surface area contributed by atoms with Crippen molar-refractivity contribution in [1.82, 2.24) is 29.9 Å². The fourth-order valence-electron chi connectivity index (χ4n) is 6.04. The number of phenols is 1. The average molecular weight is 1040 g/mol. The number of rotatable bonds is 17. The molecule has 7 rings (SSSR count). The first-order valence-corrected chi connectivity index (χ1v) is 24.2. The maximum Gasteiger partial charge on any atom is 0.298 e. The SMILES string of the molecule is O=COc1cc(S(=O)(=O)O)ccc1N=NC(=NNc1cc(S(=O)(=O)O)cc(Cc2nc(Cl)nc(Cc3ccc(Nc4nc(Cl)nc(Nc5ccccc5)n4)c(S(=O)(=O)O)c3)n2)c1O)c1ccccc1. The van der Waals surface area contributed by atoms with Gasteiger partial charge in [-0.05, 0) is 77.3 Å². The topological polar surface area (TPSA) is 360 Å². The fraction of sp³-hybridized carbons (Fsp3) is 0.0500. The van der Waals surface area contributed by atoms with Crippen LogP contribution in [-0.2, 0) is 48.0 Å². The number of ether oxygens (including phenoxy) is 1. The predicted molar refractivity (Wildman–Crippen MR) is 247 cm³/mol. The molecule has 0 fully saturated rings. The van der Waals surface area contributed by atoms with Gasteiger partial charge in [0.05, 0.1) is 21.2 Å². The number of carbonyl (C=O) groups is 1. The second kappa shape index (κ2) is 20.7. The van der Waals surface area contributed by atoms with Crippen LogP contribution < -0.4 is 20.8 Å². The molecule has 0 aliphatic heterocycles. The van der Waals surface area contributed by atoms with Crippen molar-refractivity contribution >= 4 is 101 Å². The molecule has 7 N–H and O–H groups in total. The van der Waals surface area contributed by atoms with E-state index in [1.54, 1.807) is 60.7 Å². The number of amidine groups is 1. The highest BCUT2D eigenvalue weighted by Gasteiger charge is 2.22. The first-order chi connectivity index (χ1) is 32.7. The maximum absolute atomic E-state index is 12.6. The van der Waals surface area contributed by atoms with E-state index in [1.165, 1.54) is 12.1 Å². The lowest BCUT2D eigenvalue weighted by Crippen LogP contribution is -2.09. The standard InChI is InChI=1S/C40H30Cl2N12O12S3/c41-37-46-33(16-22-11-13-29(32(15-22)69(63,64)65)44-40-49-38(42)48-39(50-40)43-25-9-5-2-6-10-25)45-34(47-37)18-24-17-27(68(60,61)62)19-30(35(24)56)52-54-36(23-7-3-1-4-8-23)53-51-28-14-12-26(67(57,58)59)20-31(28)66-21-55/h1-15,17,19-21,52,56H,16,18H2,(H,57,58,59)(H,60,61,62)(H,63,64,65)(H2,43,44,48,49,50). The van der Waals surface area contributed by atoms with Crippen LogP contribution in [0.25, 0.3) is 0 Å². The molecule has 0 aliphatic rings. The fourth-order valence-corrected chi connectivity index (χ4v) is 8.15. The smallest absolute Gasteiger partial charge is 0.298 e. The van der Waals surface area contributed by atoms with Crippen molar-refractivity contribution in [3.63, 3.8) is 0 Å². The van der Waals surface area contributed by atoms with Gasteiger partial charge in [0.25, 0.3) is 36.8 Å². The Bertz CT molecular complexity index is 3510. The number of hydrazone groups is 1. The molecule has 29 heteroatoms. The molecule has 2 aromatic heterocycles. The highest BCUT2D eigenvalue weighted by molar-refractivity contribution is 7.86. The van der Waals surface area contributed by atoms with Crippen LogP contribution in [-0.4, -0.2) is 86.2 Å². The molecule has 0 radical (unpaired) electrons. The molecule has 0 unspecified atom stereocenters. The maximum atomic E-state index is 12.6. The molecule has 69 heavy (non-hydrogen) atoms. The minimum atomic E-state index is -4.95. The number of carbonyl (C=O) groups excluding carboxylic acids is 1. The van der Waals surface area contributed by atoms with Crippen molar-refractivity contribution in [2.75, 3.05) is 16.1 Å². The summed E-state index contributed by atoms with van der Waals surface area (Å²) in [6.07, 6.45) is -0.647. The van der Waals surface area contributed by atoms with Crippen LogP contribution in [0.3, 0.4) is 0 Å². The number of anilines is 5. The van der Waals surface area contributed by atoms with Crippen molar-refractivity contribution in [3.05, 3.63) is 148 Å². The lowest BCUT2D eigenvalue weighted by atomic mass is 10.1. The van der Waals surface area contributed by atoms with Crippen molar-refractivity contribution < 1.29 is 53.5 Å². The molecule has 7 aromatic rings. The lowest BCUT2D eigenvalue weighted by molar-refractivity contribution is -0.120. The largest absolute Gasteiger partial charge is 0.505 e. The van der Waals surface area contributed by atoms with E-state index in [1.807, 2.05) is 0 Å². The zero-order valence-corrected chi connectivity index (χ0v) is 38.4. The van der Waals surface area contributed by atoms with Gasteiger partial charge in [-0.2, -0.15) is 45.3 Å². The summed E-state index contributed by atoms with van der Waals surface area (Å²) in [5, 5.41) is 28.8. The minimum absolute atomic E-state index is 0.0113. The summed E-state index contributed by atoms with van der Waals surface area (Å²) in [6.45, 7) is -0.0113. The number of hydrogen-bond donors (Lipinski definition) is 7. The molecule has 2 heterocycles. The molecule has 0 amide bonds. The van der Waals surface area contributed by atoms with Gasteiger partial charge in [-0.15, -0.1) is 10.2 Å². The van der Waals surface area contributed by atoms with Gasteiger partial charge >= 0.3 is 0 Å².